The lowest BCUT2D eigenvalue weighted by atomic mass is 10.1. The molecular formula is C13H19ClFNO2. The molecule has 0 aliphatic carbocycles. The number of ether oxygens (including phenoxy) is 2. The summed E-state index contributed by atoms with van der Waals surface area (Å²) in [6.07, 6.45) is 0.241. The Kier molecular flexibility index (Phi) is 6.57. The Hall–Kier alpha value is -0.680. The van der Waals surface area contributed by atoms with Gasteiger partial charge in [0.1, 0.15) is 5.82 Å². The second-order valence-corrected chi connectivity index (χ2v) is 4.35. The highest BCUT2D eigenvalue weighted by atomic mass is 35.5. The Morgan fingerprint density at radius 2 is 2.00 bits per heavy atom. The molecule has 0 fully saturated rings. The topological polar surface area (TPSA) is 30.5 Å². The summed E-state index contributed by atoms with van der Waals surface area (Å²) in [6, 6.07) is 4.37. The highest BCUT2D eigenvalue weighted by Gasteiger charge is 2.21. The van der Waals surface area contributed by atoms with Crippen molar-refractivity contribution in [3.05, 3.63) is 34.6 Å². The van der Waals surface area contributed by atoms with Crippen LogP contribution in [0.4, 0.5) is 4.39 Å². The van der Waals surface area contributed by atoms with E-state index in [1.807, 2.05) is 6.92 Å². The Labute approximate surface area is 112 Å². The number of rotatable bonds is 7. The van der Waals surface area contributed by atoms with Crippen LogP contribution in [0.2, 0.25) is 5.02 Å². The summed E-state index contributed by atoms with van der Waals surface area (Å²) in [4.78, 5) is 0. The molecular weight excluding hydrogens is 257 g/mol. The monoisotopic (exact) mass is 275 g/mol. The van der Waals surface area contributed by atoms with Crippen LogP contribution < -0.4 is 5.32 Å². The maximum absolute atomic E-state index is 13.0. The molecule has 0 spiro atoms. The van der Waals surface area contributed by atoms with Crippen molar-refractivity contribution in [1.82, 2.24) is 5.32 Å². The van der Waals surface area contributed by atoms with Gasteiger partial charge in [0.05, 0.1) is 6.04 Å². The fourth-order valence-corrected chi connectivity index (χ4v) is 2.12. The highest BCUT2D eigenvalue weighted by Crippen LogP contribution is 2.20. The molecule has 0 heterocycles. The van der Waals surface area contributed by atoms with Crippen LogP contribution in [0.15, 0.2) is 18.2 Å². The van der Waals surface area contributed by atoms with E-state index in [-0.39, 0.29) is 18.1 Å². The number of benzene rings is 1. The van der Waals surface area contributed by atoms with Crippen LogP contribution in [-0.2, 0) is 15.9 Å². The number of likely N-dealkylation sites (N-methyl/N-ethyl adjacent to an activating group) is 1. The van der Waals surface area contributed by atoms with Crippen LogP contribution in [0, 0.1) is 5.82 Å². The number of halogens is 2. The van der Waals surface area contributed by atoms with Crippen LogP contribution >= 0.6 is 11.6 Å². The molecule has 1 aromatic carbocycles. The van der Waals surface area contributed by atoms with Crippen molar-refractivity contribution < 1.29 is 13.9 Å². The summed E-state index contributed by atoms with van der Waals surface area (Å²) < 4.78 is 23.5. The molecule has 1 atom stereocenters. The first-order chi connectivity index (χ1) is 8.62. The summed E-state index contributed by atoms with van der Waals surface area (Å²) in [5.41, 5.74) is 0.864. The van der Waals surface area contributed by atoms with Crippen LogP contribution in [0.25, 0.3) is 0 Å². The minimum absolute atomic E-state index is 0.0343. The van der Waals surface area contributed by atoms with E-state index in [4.69, 9.17) is 21.1 Å². The number of hydrogen-bond donors (Lipinski definition) is 1. The fourth-order valence-electron chi connectivity index (χ4n) is 1.88. The molecule has 1 aromatic rings. The first-order valence-corrected chi connectivity index (χ1v) is 6.23. The van der Waals surface area contributed by atoms with Gasteiger partial charge in [-0.05, 0) is 30.7 Å². The van der Waals surface area contributed by atoms with E-state index in [9.17, 15) is 4.39 Å². The SMILES string of the molecule is CCNC(Cc1ccc(F)cc1Cl)C(OC)OC. The standard InChI is InChI=1S/C13H19ClFNO2/c1-4-16-12(13(17-2)18-3)7-9-5-6-10(15)8-11(9)14/h5-6,8,12-13,16H,4,7H2,1-3H3. The van der Waals surface area contributed by atoms with Crippen molar-refractivity contribution in [2.75, 3.05) is 20.8 Å². The van der Waals surface area contributed by atoms with Crippen molar-refractivity contribution in [3.8, 4) is 0 Å². The molecule has 1 N–H and O–H groups in total. The molecule has 0 saturated heterocycles. The number of hydrogen-bond acceptors (Lipinski definition) is 3. The first kappa shape index (κ1) is 15.4. The summed E-state index contributed by atoms with van der Waals surface area (Å²) in [5, 5.41) is 3.69. The van der Waals surface area contributed by atoms with Crippen molar-refractivity contribution in [2.45, 2.75) is 25.7 Å². The zero-order chi connectivity index (χ0) is 13.5. The third-order valence-electron chi connectivity index (χ3n) is 2.71. The normalized spacial score (nSPS) is 13.0. The van der Waals surface area contributed by atoms with Gasteiger partial charge in [0.15, 0.2) is 6.29 Å². The maximum Gasteiger partial charge on any atom is 0.172 e. The molecule has 0 aliphatic heterocycles. The minimum Gasteiger partial charge on any atom is -0.354 e. The van der Waals surface area contributed by atoms with Gasteiger partial charge in [0.25, 0.3) is 0 Å². The van der Waals surface area contributed by atoms with Gasteiger partial charge in [-0.25, -0.2) is 4.39 Å². The molecule has 0 bridgehead atoms. The van der Waals surface area contributed by atoms with Gasteiger partial charge in [0.2, 0.25) is 0 Å². The molecule has 18 heavy (non-hydrogen) atoms. The average molecular weight is 276 g/mol. The molecule has 0 amide bonds. The van der Waals surface area contributed by atoms with E-state index in [0.717, 1.165) is 12.1 Å². The second-order valence-electron chi connectivity index (χ2n) is 3.94. The van der Waals surface area contributed by atoms with Gasteiger partial charge in [0, 0.05) is 19.2 Å². The van der Waals surface area contributed by atoms with Crippen LogP contribution in [0.1, 0.15) is 12.5 Å². The Morgan fingerprint density at radius 3 is 2.50 bits per heavy atom. The molecule has 3 nitrogen and oxygen atoms in total. The predicted octanol–water partition coefficient (Wildman–Crippen LogP) is 2.62. The minimum atomic E-state index is -0.369. The van der Waals surface area contributed by atoms with Gasteiger partial charge in [-0.2, -0.15) is 0 Å². The molecule has 0 aromatic heterocycles. The molecule has 1 rings (SSSR count). The quantitative estimate of drug-likeness (QED) is 0.776. The van der Waals surface area contributed by atoms with Crippen LogP contribution in [0.5, 0.6) is 0 Å². The Bertz CT molecular complexity index is 372. The molecule has 0 radical (unpaired) electrons. The summed E-state index contributed by atoms with van der Waals surface area (Å²) >= 11 is 6.02. The van der Waals surface area contributed by atoms with Gasteiger partial charge in [-0.15, -0.1) is 0 Å². The number of nitrogens with one attached hydrogen (secondary N) is 1. The lowest BCUT2D eigenvalue weighted by Gasteiger charge is -2.25. The van der Waals surface area contributed by atoms with Crippen molar-refractivity contribution >= 4 is 11.6 Å². The summed E-state index contributed by atoms with van der Waals surface area (Å²) in [5.74, 6) is -0.334. The van der Waals surface area contributed by atoms with Crippen molar-refractivity contribution in [3.63, 3.8) is 0 Å². The molecule has 102 valence electrons. The smallest absolute Gasteiger partial charge is 0.172 e. The third-order valence-corrected chi connectivity index (χ3v) is 3.07. The zero-order valence-electron chi connectivity index (χ0n) is 10.9. The van der Waals surface area contributed by atoms with Gasteiger partial charge in [-0.1, -0.05) is 24.6 Å². The zero-order valence-corrected chi connectivity index (χ0v) is 11.6. The highest BCUT2D eigenvalue weighted by molar-refractivity contribution is 6.31. The average Bonchev–Trinajstić information content (AvgIpc) is 2.34. The third kappa shape index (κ3) is 4.21. The maximum atomic E-state index is 13.0. The van der Waals surface area contributed by atoms with E-state index in [1.165, 1.54) is 12.1 Å². The van der Waals surface area contributed by atoms with Crippen LogP contribution in [-0.4, -0.2) is 33.1 Å². The van der Waals surface area contributed by atoms with Crippen molar-refractivity contribution in [1.29, 1.82) is 0 Å². The van der Waals surface area contributed by atoms with E-state index in [0.29, 0.717) is 11.4 Å². The lowest BCUT2D eigenvalue weighted by molar-refractivity contribution is -0.122. The molecule has 5 heteroatoms. The Balaban J connectivity index is 2.82. The fraction of sp³-hybridized carbons (Fsp3) is 0.538. The summed E-state index contributed by atoms with van der Waals surface area (Å²) in [6.45, 7) is 2.79. The van der Waals surface area contributed by atoms with E-state index < -0.39 is 0 Å². The second kappa shape index (κ2) is 7.69. The van der Waals surface area contributed by atoms with E-state index in [2.05, 4.69) is 5.32 Å². The van der Waals surface area contributed by atoms with Crippen molar-refractivity contribution in [2.24, 2.45) is 0 Å². The molecule has 0 saturated carbocycles. The first-order valence-electron chi connectivity index (χ1n) is 5.85. The predicted molar refractivity (Wildman–Crippen MR) is 70.4 cm³/mol. The number of methoxy groups -OCH3 is 2. The van der Waals surface area contributed by atoms with E-state index >= 15 is 0 Å². The molecule has 1 unspecified atom stereocenters. The van der Waals surface area contributed by atoms with Gasteiger partial charge in [-0.3, -0.25) is 0 Å². The Morgan fingerprint density at radius 1 is 1.33 bits per heavy atom. The largest absolute Gasteiger partial charge is 0.354 e. The molecule has 0 aliphatic rings. The van der Waals surface area contributed by atoms with Gasteiger partial charge >= 0.3 is 0 Å². The lowest BCUT2D eigenvalue weighted by Crippen LogP contribution is -2.43. The summed E-state index contributed by atoms with van der Waals surface area (Å²) in [7, 11) is 3.18. The van der Waals surface area contributed by atoms with E-state index in [1.54, 1.807) is 20.3 Å². The van der Waals surface area contributed by atoms with Crippen LogP contribution in [0.3, 0.4) is 0 Å². The van der Waals surface area contributed by atoms with Gasteiger partial charge < -0.3 is 14.8 Å².